The van der Waals surface area contributed by atoms with Crippen molar-refractivity contribution in [3.05, 3.63) is 59.4 Å². The van der Waals surface area contributed by atoms with Crippen LogP contribution in [-0.2, 0) is 11.3 Å². The number of carbonyl (C=O) groups excluding carboxylic acids is 1. The molecule has 3 aromatic rings. The van der Waals surface area contributed by atoms with Crippen molar-refractivity contribution in [3.8, 4) is 11.8 Å². The predicted molar refractivity (Wildman–Crippen MR) is 97.6 cm³/mol. The van der Waals surface area contributed by atoms with Gasteiger partial charge in [0.25, 0.3) is 0 Å². The van der Waals surface area contributed by atoms with Gasteiger partial charge in [-0.25, -0.2) is 4.79 Å². The number of hydrogen-bond donors (Lipinski definition) is 2. The summed E-state index contributed by atoms with van der Waals surface area (Å²) in [4.78, 5) is 27.1. The SMILES string of the molecule is N#Cc1ccc(CNC(=O)CSc2nnnn2-c2ccc(C(=O)O)cc2)nc1. The van der Waals surface area contributed by atoms with Crippen LogP contribution >= 0.6 is 11.8 Å². The second-order valence-corrected chi connectivity index (χ2v) is 6.38. The second-order valence-electron chi connectivity index (χ2n) is 5.44. The summed E-state index contributed by atoms with van der Waals surface area (Å²) in [6, 6.07) is 11.4. The first-order chi connectivity index (χ1) is 13.6. The third kappa shape index (κ3) is 4.68. The zero-order valence-corrected chi connectivity index (χ0v) is 15.1. The molecule has 11 heteroatoms. The van der Waals surface area contributed by atoms with Crippen molar-refractivity contribution in [2.24, 2.45) is 0 Å². The minimum absolute atomic E-state index is 0.0872. The maximum absolute atomic E-state index is 12.0. The van der Waals surface area contributed by atoms with Crippen LogP contribution in [0.25, 0.3) is 5.69 Å². The monoisotopic (exact) mass is 395 g/mol. The normalized spacial score (nSPS) is 10.2. The molecule has 1 aromatic carbocycles. The highest BCUT2D eigenvalue weighted by atomic mass is 32.2. The Labute approximate surface area is 163 Å². The van der Waals surface area contributed by atoms with E-state index in [1.807, 2.05) is 6.07 Å². The lowest BCUT2D eigenvalue weighted by Crippen LogP contribution is -2.25. The summed E-state index contributed by atoms with van der Waals surface area (Å²) >= 11 is 1.14. The number of carboxylic acid groups (broad SMARTS) is 1. The molecule has 3 rings (SSSR count). The number of tetrazole rings is 1. The Hall–Kier alpha value is -3.78. The maximum atomic E-state index is 12.0. The summed E-state index contributed by atoms with van der Waals surface area (Å²) in [5.74, 6) is -1.16. The molecule has 0 aliphatic rings. The fourth-order valence-electron chi connectivity index (χ4n) is 2.14. The van der Waals surface area contributed by atoms with Crippen LogP contribution in [0.2, 0.25) is 0 Å². The molecule has 0 unspecified atom stereocenters. The zero-order chi connectivity index (χ0) is 19.9. The number of nitrogens with one attached hydrogen (secondary N) is 1. The standard InChI is InChI=1S/C17H13N7O3S/c18-7-11-1-4-13(19-8-11)9-20-15(25)10-28-17-21-22-23-24(17)14-5-2-12(3-6-14)16(26)27/h1-6,8H,9-10H2,(H,20,25)(H,26,27). The van der Waals surface area contributed by atoms with Crippen LogP contribution in [0.15, 0.2) is 47.8 Å². The van der Waals surface area contributed by atoms with Crippen molar-refractivity contribution >= 4 is 23.6 Å². The number of amides is 1. The maximum Gasteiger partial charge on any atom is 0.335 e. The summed E-state index contributed by atoms with van der Waals surface area (Å²) in [6.07, 6.45) is 1.44. The molecule has 0 atom stereocenters. The predicted octanol–water partition coefficient (Wildman–Crippen LogP) is 1.04. The molecule has 0 saturated heterocycles. The van der Waals surface area contributed by atoms with Crippen molar-refractivity contribution in [2.75, 3.05) is 5.75 Å². The summed E-state index contributed by atoms with van der Waals surface area (Å²) in [6.45, 7) is 0.243. The topological polar surface area (TPSA) is 147 Å². The molecule has 2 aromatic heterocycles. The Morgan fingerprint density at radius 1 is 1.21 bits per heavy atom. The highest BCUT2D eigenvalue weighted by Crippen LogP contribution is 2.18. The largest absolute Gasteiger partial charge is 0.478 e. The Kier molecular flexibility index (Phi) is 5.93. The van der Waals surface area contributed by atoms with Crippen molar-refractivity contribution in [1.29, 1.82) is 5.26 Å². The molecule has 0 spiro atoms. The Morgan fingerprint density at radius 2 is 2.00 bits per heavy atom. The van der Waals surface area contributed by atoms with Crippen LogP contribution in [0.5, 0.6) is 0 Å². The minimum atomic E-state index is -1.02. The van der Waals surface area contributed by atoms with Gasteiger partial charge in [-0.15, -0.1) is 5.10 Å². The first-order valence-corrected chi connectivity index (χ1v) is 8.92. The molecule has 2 heterocycles. The molecule has 0 radical (unpaired) electrons. The number of benzene rings is 1. The molecule has 140 valence electrons. The van der Waals surface area contributed by atoms with Gasteiger partial charge < -0.3 is 10.4 Å². The van der Waals surface area contributed by atoms with Gasteiger partial charge in [0.1, 0.15) is 6.07 Å². The van der Waals surface area contributed by atoms with Crippen molar-refractivity contribution in [2.45, 2.75) is 11.7 Å². The van der Waals surface area contributed by atoms with E-state index in [2.05, 4.69) is 25.8 Å². The van der Waals surface area contributed by atoms with Crippen LogP contribution in [-0.4, -0.2) is 47.9 Å². The van der Waals surface area contributed by atoms with Crippen molar-refractivity contribution < 1.29 is 14.7 Å². The number of hydrogen-bond acceptors (Lipinski definition) is 8. The number of rotatable bonds is 7. The Balaban J connectivity index is 1.56. The van der Waals surface area contributed by atoms with Crippen LogP contribution in [0.3, 0.4) is 0 Å². The summed E-state index contributed by atoms with van der Waals surface area (Å²) in [7, 11) is 0. The fraction of sp³-hybridized carbons (Fsp3) is 0.118. The number of carboxylic acids is 1. The van der Waals surface area contributed by atoms with Gasteiger partial charge in [0, 0.05) is 6.20 Å². The molecule has 0 aliphatic heterocycles. The number of carbonyl (C=O) groups is 2. The summed E-state index contributed by atoms with van der Waals surface area (Å²) in [5.41, 5.74) is 1.83. The first-order valence-electron chi connectivity index (χ1n) is 7.93. The molecule has 0 fully saturated rings. The number of aromatic nitrogens is 5. The lowest BCUT2D eigenvalue weighted by Gasteiger charge is -2.06. The smallest absolute Gasteiger partial charge is 0.335 e. The summed E-state index contributed by atoms with van der Waals surface area (Å²) in [5, 5.41) is 32.2. The van der Waals surface area contributed by atoms with Crippen LogP contribution in [0.1, 0.15) is 21.6 Å². The first kappa shape index (κ1) is 19.0. The number of nitrogens with zero attached hydrogens (tertiary/aromatic N) is 6. The third-order valence-electron chi connectivity index (χ3n) is 3.55. The van der Waals surface area contributed by atoms with E-state index < -0.39 is 5.97 Å². The highest BCUT2D eigenvalue weighted by molar-refractivity contribution is 7.99. The van der Waals surface area contributed by atoms with E-state index in [9.17, 15) is 9.59 Å². The third-order valence-corrected chi connectivity index (χ3v) is 4.47. The van der Waals surface area contributed by atoms with E-state index in [-0.39, 0.29) is 23.8 Å². The molecule has 0 saturated carbocycles. The van der Waals surface area contributed by atoms with Crippen LogP contribution < -0.4 is 5.32 Å². The molecular formula is C17H13N7O3S. The molecule has 28 heavy (non-hydrogen) atoms. The van der Waals surface area contributed by atoms with Crippen LogP contribution in [0, 0.1) is 11.3 Å². The van der Waals surface area contributed by atoms with E-state index in [0.717, 1.165) is 11.8 Å². The van der Waals surface area contributed by atoms with Gasteiger partial charge in [0.2, 0.25) is 11.1 Å². The van der Waals surface area contributed by atoms with E-state index in [4.69, 9.17) is 10.4 Å². The van der Waals surface area contributed by atoms with Gasteiger partial charge in [-0.3, -0.25) is 9.78 Å². The van der Waals surface area contributed by atoms with E-state index in [0.29, 0.717) is 22.1 Å². The Bertz CT molecular complexity index is 1030. The number of thioether (sulfide) groups is 1. The zero-order valence-electron chi connectivity index (χ0n) is 14.3. The van der Waals surface area contributed by atoms with Gasteiger partial charge in [-0.05, 0) is 46.8 Å². The second kappa shape index (κ2) is 8.74. The average molecular weight is 395 g/mol. The van der Waals surface area contributed by atoms with Gasteiger partial charge in [-0.1, -0.05) is 11.8 Å². The lowest BCUT2D eigenvalue weighted by atomic mass is 10.2. The molecule has 10 nitrogen and oxygen atoms in total. The van der Waals surface area contributed by atoms with Crippen LogP contribution in [0.4, 0.5) is 0 Å². The molecule has 0 aliphatic carbocycles. The molecule has 1 amide bonds. The van der Waals surface area contributed by atoms with E-state index >= 15 is 0 Å². The van der Waals surface area contributed by atoms with Gasteiger partial charge >= 0.3 is 5.97 Å². The van der Waals surface area contributed by atoms with E-state index in [1.54, 1.807) is 24.3 Å². The van der Waals surface area contributed by atoms with E-state index in [1.165, 1.54) is 23.0 Å². The minimum Gasteiger partial charge on any atom is -0.478 e. The van der Waals surface area contributed by atoms with Crippen molar-refractivity contribution in [1.82, 2.24) is 30.5 Å². The quantitative estimate of drug-likeness (QED) is 0.560. The number of aromatic carboxylic acids is 1. The molecular weight excluding hydrogens is 382 g/mol. The fourth-order valence-corrected chi connectivity index (χ4v) is 2.86. The van der Waals surface area contributed by atoms with Gasteiger partial charge in [-0.2, -0.15) is 9.94 Å². The average Bonchev–Trinajstić information content (AvgIpc) is 3.19. The Morgan fingerprint density at radius 3 is 2.64 bits per heavy atom. The lowest BCUT2D eigenvalue weighted by molar-refractivity contribution is -0.118. The molecule has 2 N–H and O–H groups in total. The summed E-state index contributed by atoms with van der Waals surface area (Å²) < 4.78 is 1.42. The van der Waals surface area contributed by atoms with Crippen molar-refractivity contribution in [3.63, 3.8) is 0 Å². The number of nitriles is 1. The van der Waals surface area contributed by atoms with Gasteiger partial charge in [0.15, 0.2) is 0 Å². The van der Waals surface area contributed by atoms with Gasteiger partial charge in [0.05, 0.1) is 34.8 Å². The highest BCUT2D eigenvalue weighted by Gasteiger charge is 2.12. The molecule has 0 bridgehead atoms. The number of pyridine rings is 1.